The number of nitrogens with zero attached hydrogens (tertiary/aromatic N) is 5. The Labute approximate surface area is 172 Å². The molecule has 5 N–H and O–H groups in total. The molecule has 3 heterocycles. The normalized spacial score (nSPS) is 19.5. The second-order valence-corrected chi connectivity index (χ2v) is 7.32. The highest BCUT2D eigenvalue weighted by Gasteiger charge is 2.30. The monoisotopic (exact) mass is 410 g/mol. The molecule has 1 saturated heterocycles. The van der Waals surface area contributed by atoms with Crippen molar-refractivity contribution >= 4 is 17.4 Å². The van der Waals surface area contributed by atoms with Crippen LogP contribution in [0, 0.1) is 5.82 Å². The van der Waals surface area contributed by atoms with E-state index in [0.29, 0.717) is 24.6 Å². The van der Waals surface area contributed by atoms with Crippen molar-refractivity contribution in [2.24, 2.45) is 11.5 Å². The van der Waals surface area contributed by atoms with Gasteiger partial charge in [-0.05, 0) is 30.7 Å². The minimum Gasteiger partial charge on any atom is -0.365 e. The molecule has 0 bridgehead atoms. The van der Waals surface area contributed by atoms with Gasteiger partial charge < -0.3 is 16.8 Å². The zero-order valence-corrected chi connectivity index (χ0v) is 16.3. The number of likely N-dealkylation sites (tertiary alicyclic amines) is 1. The van der Waals surface area contributed by atoms with Gasteiger partial charge in [0.1, 0.15) is 11.4 Å². The highest BCUT2D eigenvalue weighted by atomic mass is 19.1. The number of amides is 1. The summed E-state index contributed by atoms with van der Waals surface area (Å²) >= 11 is 0. The number of hydrogen-bond donors (Lipinski definition) is 3. The van der Waals surface area contributed by atoms with Crippen molar-refractivity contribution in [3.05, 3.63) is 66.1 Å². The van der Waals surface area contributed by atoms with Gasteiger partial charge in [-0.15, -0.1) is 0 Å². The number of benzene rings is 1. The summed E-state index contributed by atoms with van der Waals surface area (Å²) in [6.07, 6.45) is 7.45. The number of anilines is 2. The van der Waals surface area contributed by atoms with E-state index in [2.05, 4.69) is 25.3 Å². The number of nitrogens with two attached hydrogens (primary N) is 2. The van der Waals surface area contributed by atoms with Gasteiger partial charge in [0.2, 0.25) is 0 Å². The van der Waals surface area contributed by atoms with E-state index in [1.807, 2.05) is 0 Å². The summed E-state index contributed by atoms with van der Waals surface area (Å²) < 4.78 is 14.8. The van der Waals surface area contributed by atoms with Gasteiger partial charge in [0, 0.05) is 56.2 Å². The van der Waals surface area contributed by atoms with Crippen molar-refractivity contribution in [2.45, 2.75) is 25.0 Å². The first-order chi connectivity index (χ1) is 14.5. The molecule has 1 amide bonds. The molecule has 2 atom stereocenters. The lowest BCUT2D eigenvalue weighted by Crippen LogP contribution is -2.49. The Balaban J connectivity index is 1.48. The van der Waals surface area contributed by atoms with E-state index in [1.54, 1.807) is 41.6 Å². The van der Waals surface area contributed by atoms with Gasteiger partial charge in [0.25, 0.3) is 5.91 Å². The van der Waals surface area contributed by atoms with Crippen LogP contribution in [0.1, 0.15) is 28.5 Å². The van der Waals surface area contributed by atoms with E-state index in [9.17, 15) is 9.18 Å². The van der Waals surface area contributed by atoms with Crippen LogP contribution in [0.4, 0.5) is 15.9 Å². The van der Waals surface area contributed by atoms with Crippen LogP contribution in [0.15, 0.2) is 49.1 Å². The SMILES string of the molecule is NC(=O)c1cn([C@@H]2CCN(Cc3cnccn3)C[C@H]2N)nc1Nc1ccc(F)cc1. The summed E-state index contributed by atoms with van der Waals surface area (Å²) in [5, 5.41) is 7.55. The molecule has 156 valence electrons. The molecule has 3 aromatic rings. The van der Waals surface area contributed by atoms with Gasteiger partial charge in [-0.2, -0.15) is 5.10 Å². The molecule has 10 heteroatoms. The number of nitrogens with one attached hydrogen (secondary N) is 1. The molecule has 2 aromatic heterocycles. The molecule has 0 aliphatic carbocycles. The lowest BCUT2D eigenvalue weighted by atomic mass is 10.00. The third-order valence-corrected chi connectivity index (χ3v) is 5.15. The van der Waals surface area contributed by atoms with E-state index in [0.717, 1.165) is 18.7 Å². The summed E-state index contributed by atoms with van der Waals surface area (Å²) in [6, 6.07) is 5.52. The minimum absolute atomic E-state index is 0.0787. The number of piperidine rings is 1. The highest BCUT2D eigenvalue weighted by Crippen LogP contribution is 2.26. The second kappa shape index (κ2) is 8.56. The van der Waals surface area contributed by atoms with Crippen molar-refractivity contribution in [1.29, 1.82) is 0 Å². The van der Waals surface area contributed by atoms with Gasteiger partial charge in [0.05, 0.1) is 11.7 Å². The summed E-state index contributed by atoms with van der Waals surface area (Å²) in [7, 11) is 0. The summed E-state index contributed by atoms with van der Waals surface area (Å²) in [5.74, 6) is -0.622. The Morgan fingerprint density at radius 1 is 1.27 bits per heavy atom. The maximum Gasteiger partial charge on any atom is 0.254 e. The number of rotatable bonds is 6. The van der Waals surface area contributed by atoms with Gasteiger partial charge in [0.15, 0.2) is 5.82 Å². The van der Waals surface area contributed by atoms with Crippen LogP contribution in [-0.4, -0.2) is 49.7 Å². The molecule has 4 rings (SSSR count). The molecular formula is C20H23FN8O. The van der Waals surface area contributed by atoms with Crippen molar-refractivity contribution in [2.75, 3.05) is 18.4 Å². The Kier molecular flexibility index (Phi) is 5.68. The molecule has 0 saturated carbocycles. The van der Waals surface area contributed by atoms with Crippen molar-refractivity contribution in [3.63, 3.8) is 0 Å². The maximum absolute atomic E-state index is 13.1. The number of hydrogen-bond acceptors (Lipinski definition) is 7. The fourth-order valence-electron chi connectivity index (χ4n) is 3.66. The fourth-order valence-corrected chi connectivity index (χ4v) is 3.66. The van der Waals surface area contributed by atoms with Crippen LogP contribution in [0.2, 0.25) is 0 Å². The third kappa shape index (κ3) is 4.44. The molecule has 0 spiro atoms. The smallest absolute Gasteiger partial charge is 0.254 e. The molecule has 0 radical (unpaired) electrons. The number of halogens is 1. The number of carbonyl (C=O) groups is 1. The first kappa shape index (κ1) is 19.9. The molecule has 1 aliphatic heterocycles. The average Bonchev–Trinajstić information content (AvgIpc) is 3.14. The zero-order valence-electron chi connectivity index (χ0n) is 16.3. The minimum atomic E-state index is -0.598. The molecular weight excluding hydrogens is 387 g/mol. The van der Waals surface area contributed by atoms with Gasteiger partial charge in [-0.25, -0.2) is 4.39 Å². The van der Waals surface area contributed by atoms with Gasteiger partial charge in [-0.1, -0.05) is 0 Å². The summed E-state index contributed by atoms with van der Waals surface area (Å²) in [6.45, 7) is 2.15. The first-order valence-electron chi connectivity index (χ1n) is 9.64. The van der Waals surface area contributed by atoms with Crippen molar-refractivity contribution in [3.8, 4) is 0 Å². The second-order valence-electron chi connectivity index (χ2n) is 7.32. The lowest BCUT2D eigenvalue weighted by molar-refractivity contribution is 0.100. The Bertz CT molecular complexity index is 1010. The van der Waals surface area contributed by atoms with Crippen LogP contribution in [0.25, 0.3) is 0 Å². The van der Waals surface area contributed by atoms with Crippen molar-refractivity contribution < 1.29 is 9.18 Å². The standard InChI is InChI=1S/C20H23FN8O/c21-13-1-3-14(4-2-13)26-20-16(19(23)30)11-29(27-20)18-5-8-28(12-17(18)22)10-15-9-24-6-7-25-15/h1-4,6-7,9,11,17-18H,5,8,10,12,22H2,(H2,23,30)(H,26,27)/t17-,18-/m1/s1. The van der Waals surface area contributed by atoms with Gasteiger partial charge in [-0.3, -0.25) is 24.3 Å². The highest BCUT2D eigenvalue weighted by molar-refractivity contribution is 5.98. The van der Waals surface area contributed by atoms with Crippen LogP contribution in [0.3, 0.4) is 0 Å². The largest absolute Gasteiger partial charge is 0.365 e. The van der Waals surface area contributed by atoms with Crippen LogP contribution < -0.4 is 16.8 Å². The first-order valence-corrected chi connectivity index (χ1v) is 9.64. The van der Waals surface area contributed by atoms with E-state index >= 15 is 0 Å². The topological polar surface area (TPSA) is 128 Å². The number of carbonyl (C=O) groups excluding carboxylic acids is 1. The predicted molar refractivity (Wildman–Crippen MR) is 109 cm³/mol. The summed E-state index contributed by atoms with van der Waals surface area (Å²) in [5.41, 5.74) is 13.7. The summed E-state index contributed by atoms with van der Waals surface area (Å²) in [4.78, 5) is 22.5. The predicted octanol–water partition coefficient (Wildman–Crippen LogP) is 1.43. The van der Waals surface area contributed by atoms with E-state index in [-0.39, 0.29) is 23.5 Å². The quantitative estimate of drug-likeness (QED) is 0.561. The van der Waals surface area contributed by atoms with E-state index in [1.165, 1.54) is 12.1 Å². The number of primary amides is 1. The van der Waals surface area contributed by atoms with Gasteiger partial charge >= 0.3 is 0 Å². The molecule has 1 fully saturated rings. The van der Waals surface area contributed by atoms with E-state index in [4.69, 9.17) is 11.5 Å². The molecule has 9 nitrogen and oxygen atoms in total. The van der Waals surface area contributed by atoms with Crippen LogP contribution in [-0.2, 0) is 6.54 Å². The Morgan fingerprint density at radius 3 is 2.73 bits per heavy atom. The molecule has 1 aromatic carbocycles. The third-order valence-electron chi connectivity index (χ3n) is 5.15. The van der Waals surface area contributed by atoms with Crippen LogP contribution >= 0.6 is 0 Å². The van der Waals surface area contributed by atoms with Crippen LogP contribution in [0.5, 0.6) is 0 Å². The molecule has 0 unspecified atom stereocenters. The average molecular weight is 410 g/mol. The maximum atomic E-state index is 13.1. The van der Waals surface area contributed by atoms with E-state index < -0.39 is 5.91 Å². The van der Waals surface area contributed by atoms with Crippen molar-refractivity contribution in [1.82, 2.24) is 24.6 Å². The number of aromatic nitrogens is 4. The lowest BCUT2D eigenvalue weighted by Gasteiger charge is -2.36. The Hall–Kier alpha value is -3.37. The zero-order chi connectivity index (χ0) is 21.1. The molecule has 1 aliphatic rings. The molecule has 30 heavy (non-hydrogen) atoms. The Morgan fingerprint density at radius 2 is 2.07 bits per heavy atom. The fraction of sp³-hybridized carbons (Fsp3) is 0.300.